The Balaban J connectivity index is 2.03. The Hall–Kier alpha value is -0.360. The van der Waals surface area contributed by atoms with Gasteiger partial charge in [0.1, 0.15) is 5.03 Å². The summed E-state index contributed by atoms with van der Waals surface area (Å²) in [6, 6.07) is 4.01. The number of hydrogen-bond acceptors (Lipinski definition) is 5. The van der Waals surface area contributed by atoms with Gasteiger partial charge in [-0.15, -0.1) is 11.8 Å². The highest BCUT2D eigenvalue weighted by Gasteiger charge is 2.18. The molecule has 1 aliphatic heterocycles. The molecule has 1 aromatic carbocycles. The highest BCUT2D eigenvalue weighted by Crippen LogP contribution is 2.31. The highest BCUT2D eigenvalue weighted by molar-refractivity contribution is 7.99. The lowest BCUT2D eigenvalue weighted by Crippen LogP contribution is -2.19. The Morgan fingerprint density at radius 2 is 1.95 bits per heavy atom. The molecule has 0 radical (unpaired) electrons. The lowest BCUT2D eigenvalue weighted by atomic mass is 10.2. The molecule has 3 nitrogen and oxygen atoms in total. The molecule has 1 atom stereocenters. The van der Waals surface area contributed by atoms with Crippen LogP contribution in [0.2, 0.25) is 10.0 Å². The molecule has 1 unspecified atom stereocenters. The summed E-state index contributed by atoms with van der Waals surface area (Å²) in [5.41, 5.74) is 1.54. The Morgan fingerprint density at radius 3 is 2.55 bits per heavy atom. The second kappa shape index (κ2) is 6.18. The van der Waals surface area contributed by atoms with Crippen molar-refractivity contribution in [3.8, 4) is 0 Å². The first-order valence-corrected chi connectivity index (χ1v) is 9.36. The van der Waals surface area contributed by atoms with Crippen molar-refractivity contribution < 1.29 is 0 Å². The fourth-order valence-corrected chi connectivity index (χ4v) is 4.07. The zero-order valence-corrected chi connectivity index (χ0v) is 14.0. The molecule has 2 heterocycles. The molecule has 0 aliphatic carbocycles. The van der Waals surface area contributed by atoms with Crippen LogP contribution >= 0.6 is 46.7 Å². The molecule has 0 spiro atoms. The number of benzene rings is 1. The van der Waals surface area contributed by atoms with E-state index in [9.17, 15) is 0 Å². The zero-order chi connectivity index (χ0) is 14.1. The van der Waals surface area contributed by atoms with Gasteiger partial charge in [0.2, 0.25) is 0 Å². The van der Waals surface area contributed by atoms with Crippen molar-refractivity contribution >= 4 is 63.6 Å². The molecule has 1 aliphatic rings. The minimum Gasteiger partial charge on any atom is -0.364 e. The van der Waals surface area contributed by atoms with E-state index in [1.165, 1.54) is 12.2 Å². The van der Waals surface area contributed by atoms with Crippen LogP contribution in [-0.4, -0.2) is 33.8 Å². The number of thioether (sulfide) groups is 2. The number of aromatic nitrogens is 2. The summed E-state index contributed by atoms with van der Waals surface area (Å²) >= 11 is 15.6. The first kappa shape index (κ1) is 14.6. The summed E-state index contributed by atoms with van der Waals surface area (Å²) in [5.74, 6) is 3.17. The number of fused-ring (bicyclic) bond motifs is 1. The van der Waals surface area contributed by atoms with E-state index in [0.717, 1.165) is 27.6 Å². The van der Waals surface area contributed by atoms with E-state index < -0.39 is 0 Å². The molecule has 20 heavy (non-hydrogen) atoms. The topological polar surface area (TPSA) is 37.8 Å². The Bertz CT molecular complexity index is 645. The number of nitrogens with zero attached hydrogens (tertiary/aromatic N) is 2. The summed E-state index contributed by atoms with van der Waals surface area (Å²) in [6.45, 7) is 0. The van der Waals surface area contributed by atoms with Gasteiger partial charge in [0.25, 0.3) is 0 Å². The van der Waals surface area contributed by atoms with Crippen LogP contribution in [0.25, 0.3) is 11.0 Å². The average molecular weight is 346 g/mol. The van der Waals surface area contributed by atoms with Gasteiger partial charge in [-0.1, -0.05) is 23.2 Å². The molecule has 106 valence electrons. The summed E-state index contributed by atoms with van der Waals surface area (Å²) in [6.07, 6.45) is 3.17. The van der Waals surface area contributed by atoms with Crippen LogP contribution in [0.3, 0.4) is 0 Å². The van der Waals surface area contributed by atoms with Crippen LogP contribution in [0.15, 0.2) is 17.2 Å². The molecule has 2 aromatic rings. The van der Waals surface area contributed by atoms with Crippen LogP contribution in [0, 0.1) is 0 Å². The van der Waals surface area contributed by atoms with Crippen molar-refractivity contribution in [3.05, 3.63) is 22.2 Å². The van der Waals surface area contributed by atoms with Crippen LogP contribution in [0.5, 0.6) is 0 Å². The molecule has 0 bridgehead atoms. The van der Waals surface area contributed by atoms with Crippen molar-refractivity contribution in [2.24, 2.45) is 0 Å². The average Bonchev–Trinajstić information content (AvgIpc) is 2.93. The molecule has 1 N–H and O–H groups in total. The molecule has 1 fully saturated rings. The maximum absolute atomic E-state index is 6.06. The lowest BCUT2D eigenvalue weighted by Gasteiger charge is -2.15. The predicted octanol–water partition coefficient (Wildman–Crippen LogP) is 4.58. The molecular weight excluding hydrogens is 333 g/mol. The number of rotatable bonds is 3. The fourth-order valence-electron chi connectivity index (χ4n) is 2.11. The third-order valence-electron chi connectivity index (χ3n) is 3.14. The van der Waals surface area contributed by atoms with Gasteiger partial charge in [0, 0.05) is 11.8 Å². The molecule has 7 heteroatoms. The van der Waals surface area contributed by atoms with Crippen molar-refractivity contribution in [3.63, 3.8) is 0 Å². The largest absolute Gasteiger partial charge is 0.364 e. The van der Waals surface area contributed by atoms with Gasteiger partial charge in [-0.2, -0.15) is 11.8 Å². The summed E-state index contributed by atoms with van der Waals surface area (Å²) in [7, 11) is 0. The van der Waals surface area contributed by atoms with Gasteiger partial charge in [-0.25, -0.2) is 9.97 Å². The maximum atomic E-state index is 6.06. The van der Waals surface area contributed by atoms with Gasteiger partial charge in [-0.05, 0) is 30.6 Å². The first-order chi connectivity index (χ1) is 9.67. The van der Waals surface area contributed by atoms with Crippen molar-refractivity contribution in [1.29, 1.82) is 0 Å². The van der Waals surface area contributed by atoms with E-state index in [-0.39, 0.29) is 0 Å². The van der Waals surface area contributed by atoms with Crippen molar-refractivity contribution in [2.45, 2.75) is 17.5 Å². The third-order valence-corrected chi connectivity index (χ3v) is 5.69. The predicted molar refractivity (Wildman–Crippen MR) is 90.7 cm³/mol. The number of nitrogens with one attached hydrogen (secondary N) is 1. The van der Waals surface area contributed by atoms with Gasteiger partial charge in [-0.3, -0.25) is 0 Å². The normalized spacial score (nSPS) is 18.6. The summed E-state index contributed by atoms with van der Waals surface area (Å²) in [4.78, 5) is 9.29. The highest BCUT2D eigenvalue weighted by atomic mass is 35.5. The van der Waals surface area contributed by atoms with E-state index >= 15 is 0 Å². The quantitative estimate of drug-likeness (QED) is 0.824. The molecule has 1 saturated heterocycles. The number of hydrogen-bond donors (Lipinski definition) is 1. The van der Waals surface area contributed by atoms with E-state index in [1.807, 2.05) is 18.0 Å². The molecular formula is C13H13Cl2N3S2. The van der Waals surface area contributed by atoms with Gasteiger partial charge >= 0.3 is 0 Å². The van der Waals surface area contributed by atoms with Crippen LogP contribution in [0.4, 0.5) is 5.82 Å². The second-order valence-corrected chi connectivity index (χ2v) is 7.30. The first-order valence-electron chi connectivity index (χ1n) is 6.22. The van der Waals surface area contributed by atoms with Gasteiger partial charge in [0.15, 0.2) is 5.82 Å². The SMILES string of the molecule is CSc1nc2cc(Cl)c(Cl)cc2nc1NC1CCSC1. The van der Waals surface area contributed by atoms with E-state index in [1.54, 1.807) is 23.9 Å². The van der Waals surface area contributed by atoms with Crippen LogP contribution < -0.4 is 5.32 Å². The third kappa shape index (κ3) is 2.96. The van der Waals surface area contributed by atoms with Crippen LogP contribution in [0.1, 0.15) is 6.42 Å². The minimum absolute atomic E-state index is 0.473. The Kier molecular flexibility index (Phi) is 4.50. The van der Waals surface area contributed by atoms with Gasteiger partial charge < -0.3 is 5.32 Å². The van der Waals surface area contributed by atoms with E-state index in [0.29, 0.717) is 16.1 Å². The maximum Gasteiger partial charge on any atom is 0.159 e. The van der Waals surface area contributed by atoms with Crippen molar-refractivity contribution in [1.82, 2.24) is 9.97 Å². The van der Waals surface area contributed by atoms with Crippen LogP contribution in [-0.2, 0) is 0 Å². The number of halogens is 2. The lowest BCUT2D eigenvalue weighted by molar-refractivity contribution is 0.800. The molecule has 0 amide bonds. The molecule has 3 rings (SSSR count). The molecule has 0 saturated carbocycles. The van der Waals surface area contributed by atoms with E-state index in [4.69, 9.17) is 23.2 Å². The minimum atomic E-state index is 0.473. The number of anilines is 1. The smallest absolute Gasteiger partial charge is 0.159 e. The van der Waals surface area contributed by atoms with E-state index in [2.05, 4.69) is 15.3 Å². The summed E-state index contributed by atoms with van der Waals surface area (Å²) < 4.78 is 0. The van der Waals surface area contributed by atoms with Gasteiger partial charge in [0.05, 0.1) is 21.1 Å². The zero-order valence-electron chi connectivity index (χ0n) is 10.8. The monoisotopic (exact) mass is 345 g/mol. The summed E-state index contributed by atoms with van der Waals surface area (Å²) in [5, 5.41) is 5.41. The fraction of sp³-hybridized carbons (Fsp3) is 0.385. The molecule has 1 aromatic heterocycles. The Morgan fingerprint density at radius 1 is 1.25 bits per heavy atom. The standard InChI is InChI=1S/C13H13Cl2N3S2/c1-19-13-12(16-7-2-3-20-6-7)17-10-4-8(14)9(15)5-11(10)18-13/h4-5,7H,2-3,6H2,1H3,(H,16,17). The second-order valence-electron chi connectivity index (χ2n) is 4.54. The Labute approximate surface area is 136 Å². The van der Waals surface area contributed by atoms with Crippen molar-refractivity contribution in [2.75, 3.05) is 23.1 Å².